The molecule has 1 amide bonds. The van der Waals surface area contributed by atoms with Crippen molar-refractivity contribution in [1.29, 1.82) is 0 Å². The predicted octanol–water partition coefficient (Wildman–Crippen LogP) is 5.65. The first-order chi connectivity index (χ1) is 19.4. The van der Waals surface area contributed by atoms with Gasteiger partial charge in [0.2, 0.25) is 5.95 Å². The Balaban J connectivity index is 1.31. The number of hydrogen-bond acceptors (Lipinski definition) is 7. The van der Waals surface area contributed by atoms with Crippen LogP contribution in [0.5, 0.6) is 0 Å². The normalized spacial score (nSPS) is 15.6. The molecule has 1 aliphatic heterocycles. The molecule has 41 heavy (non-hydrogen) atoms. The fourth-order valence-electron chi connectivity index (χ4n) is 5.13. The number of nitrogens with one attached hydrogen (secondary N) is 1. The highest BCUT2D eigenvalue weighted by Crippen LogP contribution is 2.36. The number of fused-ring (bicyclic) bond motifs is 2. The van der Waals surface area contributed by atoms with E-state index < -0.39 is 5.60 Å². The number of anilines is 2. The minimum absolute atomic E-state index is 0.0969. The van der Waals surface area contributed by atoms with Gasteiger partial charge < -0.3 is 15.0 Å². The van der Waals surface area contributed by atoms with Crippen molar-refractivity contribution in [1.82, 2.24) is 29.2 Å². The van der Waals surface area contributed by atoms with Crippen LogP contribution in [-0.2, 0) is 23.1 Å². The highest BCUT2D eigenvalue weighted by atomic mass is 16.6. The van der Waals surface area contributed by atoms with Gasteiger partial charge in [-0.2, -0.15) is 4.98 Å². The number of nitrogens with zero attached hydrogens (tertiary/aromatic N) is 6. The minimum Gasteiger partial charge on any atom is -0.444 e. The van der Waals surface area contributed by atoms with E-state index in [0.29, 0.717) is 35.9 Å². The molecule has 0 saturated heterocycles. The van der Waals surface area contributed by atoms with E-state index in [2.05, 4.69) is 37.1 Å². The molecule has 4 aromatic rings. The van der Waals surface area contributed by atoms with Gasteiger partial charge in [-0.3, -0.25) is 4.79 Å². The average Bonchev–Trinajstić information content (AvgIpc) is 3.70. The maximum Gasteiger partial charge on any atom is 0.410 e. The molecule has 1 N–H and O–H groups in total. The molecule has 0 unspecified atom stereocenters. The molecule has 3 aromatic heterocycles. The van der Waals surface area contributed by atoms with Gasteiger partial charge in [0.15, 0.2) is 11.5 Å². The Morgan fingerprint density at radius 3 is 2.51 bits per heavy atom. The van der Waals surface area contributed by atoms with E-state index in [9.17, 15) is 9.59 Å². The van der Waals surface area contributed by atoms with Gasteiger partial charge in [0, 0.05) is 36.1 Å². The van der Waals surface area contributed by atoms with Crippen LogP contribution in [0.15, 0.2) is 47.4 Å². The summed E-state index contributed by atoms with van der Waals surface area (Å²) in [6, 6.07) is 12.1. The molecule has 1 saturated carbocycles. The summed E-state index contributed by atoms with van der Waals surface area (Å²) in [7, 11) is 0. The van der Waals surface area contributed by atoms with Gasteiger partial charge in [-0.25, -0.2) is 24.1 Å². The number of amides is 1. The van der Waals surface area contributed by atoms with Crippen molar-refractivity contribution >= 4 is 28.8 Å². The van der Waals surface area contributed by atoms with Crippen molar-refractivity contribution in [2.45, 2.75) is 84.4 Å². The van der Waals surface area contributed by atoms with Crippen molar-refractivity contribution < 1.29 is 9.53 Å². The fourth-order valence-corrected chi connectivity index (χ4v) is 5.13. The summed E-state index contributed by atoms with van der Waals surface area (Å²) >= 11 is 0. The molecule has 6 rings (SSSR count). The zero-order valence-corrected chi connectivity index (χ0v) is 24.6. The van der Waals surface area contributed by atoms with Crippen LogP contribution in [0.4, 0.5) is 16.4 Å². The molecule has 0 atom stereocenters. The van der Waals surface area contributed by atoms with Crippen LogP contribution in [0.3, 0.4) is 0 Å². The molecule has 0 spiro atoms. The van der Waals surface area contributed by atoms with Crippen molar-refractivity contribution in [3.05, 3.63) is 69.8 Å². The van der Waals surface area contributed by atoms with E-state index in [4.69, 9.17) is 14.7 Å². The molecule has 1 aromatic carbocycles. The predicted molar refractivity (Wildman–Crippen MR) is 158 cm³/mol. The summed E-state index contributed by atoms with van der Waals surface area (Å²) in [6.45, 7) is 13.1. The number of rotatable bonds is 4. The first-order valence-electron chi connectivity index (χ1n) is 14.2. The van der Waals surface area contributed by atoms with Crippen LogP contribution in [0.2, 0.25) is 0 Å². The molecule has 4 heterocycles. The Morgan fingerprint density at radius 2 is 1.80 bits per heavy atom. The summed E-state index contributed by atoms with van der Waals surface area (Å²) in [5, 5.41) is 3.80. The van der Waals surface area contributed by atoms with Gasteiger partial charge in [-0.1, -0.05) is 32.9 Å². The number of aromatic nitrogens is 5. The van der Waals surface area contributed by atoms with Crippen LogP contribution >= 0.6 is 0 Å². The van der Waals surface area contributed by atoms with Crippen molar-refractivity contribution in [3.8, 4) is 5.82 Å². The van der Waals surface area contributed by atoms with E-state index in [0.717, 1.165) is 41.8 Å². The average molecular weight is 556 g/mol. The van der Waals surface area contributed by atoms with Crippen LogP contribution in [-0.4, -0.2) is 47.5 Å². The Morgan fingerprint density at radius 1 is 1.02 bits per heavy atom. The Hall–Kier alpha value is -4.21. The third-order valence-corrected chi connectivity index (χ3v) is 7.36. The first-order valence-corrected chi connectivity index (χ1v) is 14.2. The van der Waals surface area contributed by atoms with Crippen LogP contribution in [0.25, 0.3) is 16.9 Å². The van der Waals surface area contributed by atoms with Gasteiger partial charge >= 0.3 is 6.09 Å². The van der Waals surface area contributed by atoms with Crippen LogP contribution in [0, 0.1) is 0 Å². The molecule has 1 aliphatic carbocycles. The lowest BCUT2D eigenvalue weighted by Gasteiger charge is -2.31. The Bertz CT molecular complexity index is 1700. The minimum atomic E-state index is -0.525. The number of ether oxygens (including phenoxy) is 1. The lowest BCUT2D eigenvalue weighted by molar-refractivity contribution is 0.0224. The van der Waals surface area contributed by atoms with Gasteiger partial charge in [-0.15, -0.1) is 0 Å². The molecule has 10 heteroatoms. The fraction of sp³-hybridized carbons (Fsp3) is 0.452. The SMILES string of the molecule is CC(C)(C)OC(=O)N1CCc2cc(Nc3ncc4c(=O)n(C5CC5)n(-c5cccc(C(C)(C)C)n5)c4n3)ccc2C1. The quantitative estimate of drug-likeness (QED) is 0.347. The second-order valence-electron chi connectivity index (χ2n) is 13.0. The van der Waals surface area contributed by atoms with E-state index >= 15 is 0 Å². The third kappa shape index (κ3) is 5.42. The Labute approximate surface area is 239 Å². The molecule has 0 radical (unpaired) electrons. The highest BCUT2D eigenvalue weighted by molar-refractivity contribution is 5.77. The van der Waals surface area contributed by atoms with E-state index in [1.54, 1.807) is 15.8 Å². The monoisotopic (exact) mass is 555 g/mol. The summed E-state index contributed by atoms with van der Waals surface area (Å²) in [4.78, 5) is 42.0. The summed E-state index contributed by atoms with van der Waals surface area (Å²) in [6.07, 6.45) is 3.94. The zero-order chi connectivity index (χ0) is 29.1. The van der Waals surface area contributed by atoms with Crippen LogP contribution in [0.1, 0.15) is 77.2 Å². The number of benzene rings is 1. The van der Waals surface area contributed by atoms with Crippen molar-refractivity contribution in [2.24, 2.45) is 0 Å². The molecule has 0 bridgehead atoms. The molecular formula is C31H37N7O3. The number of carbonyl (C=O) groups is 1. The largest absolute Gasteiger partial charge is 0.444 e. The van der Waals surface area contributed by atoms with E-state index in [1.807, 2.05) is 55.8 Å². The number of hydrogen-bond donors (Lipinski definition) is 1. The second-order valence-corrected chi connectivity index (χ2v) is 13.0. The van der Waals surface area contributed by atoms with Crippen molar-refractivity contribution in [2.75, 3.05) is 11.9 Å². The molecule has 2 aliphatic rings. The maximum absolute atomic E-state index is 13.4. The van der Waals surface area contributed by atoms with Crippen LogP contribution < -0.4 is 10.9 Å². The zero-order valence-electron chi connectivity index (χ0n) is 24.6. The topological polar surface area (TPSA) is 107 Å². The van der Waals surface area contributed by atoms with Crippen molar-refractivity contribution in [3.63, 3.8) is 0 Å². The molecular weight excluding hydrogens is 518 g/mol. The lowest BCUT2D eigenvalue weighted by atomic mass is 9.92. The third-order valence-electron chi connectivity index (χ3n) is 7.36. The molecule has 10 nitrogen and oxygen atoms in total. The lowest BCUT2D eigenvalue weighted by Crippen LogP contribution is -2.39. The summed E-state index contributed by atoms with van der Waals surface area (Å²) < 4.78 is 9.19. The second kappa shape index (κ2) is 9.71. The van der Waals surface area contributed by atoms with Gasteiger partial charge in [-0.05, 0) is 75.4 Å². The Kier molecular flexibility index (Phi) is 6.39. The highest BCUT2D eigenvalue weighted by Gasteiger charge is 2.32. The smallest absolute Gasteiger partial charge is 0.410 e. The number of carbonyl (C=O) groups excluding carboxylic acids is 1. The maximum atomic E-state index is 13.4. The van der Waals surface area contributed by atoms with E-state index in [1.165, 1.54) is 0 Å². The van der Waals surface area contributed by atoms with Gasteiger partial charge in [0.1, 0.15) is 11.0 Å². The van der Waals surface area contributed by atoms with Gasteiger partial charge in [0.05, 0.1) is 6.04 Å². The number of pyridine rings is 1. The first kappa shape index (κ1) is 27.0. The summed E-state index contributed by atoms with van der Waals surface area (Å²) in [5.74, 6) is 1.07. The summed E-state index contributed by atoms with van der Waals surface area (Å²) in [5.41, 5.74) is 3.81. The standard InChI is InChI=1S/C31H37N7O3/c1-30(2,3)24-8-7-9-25(34-24)38-26-23(27(39)37(38)22-12-13-22)17-32-28(35-26)33-21-11-10-20-18-36(15-14-19(20)16-21)29(40)41-31(4,5)6/h7-11,16-17,22H,12-15,18H2,1-6H3,(H,32,33,35). The van der Waals surface area contributed by atoms with E-state index in [-0.39, 0.29) is 23.1 Å². The molecule has 214 valence electrons. The molecule has 1 fully saturated rings. The van der Waals surface area contributed by atoms with Gasteiger partial charge in [0.25, 0.3) is 5.56 Å².